The molecule has 9 nitrogen and oxygen atoms in total. The molecule has 0 radical (unpaired) electrons. The number of pyridine rings is 1. The summed E-state index contributed by atoms with van der Waals surface area (Å²) in [6, 6.07) is 26.2. The molecule has 3 heterocycles. The lowest BCUT2D eigenvalue weighted by molar-refractivity contribution is 0.0566. The van der Waals surface area contributed by atoms with Crippen LogP contribution in [0.3, 0.4) is 0 Å². The second-order valence-corrected chi connectivity index (χ2v) is 10.6. The van der Waals surface area contributed by atoms with Gasteiger partial charge < -0.3 is 19.1 Å². The van der Waals surface area contributed by atoms with E-state index in [-0.39, 0.29) is 5.91 Å². The van der Waals surface area contributed by atoms with E-state index in [0.29, 0.717) is 57.3 Å². The van der Waals surface area contributed by atoms with Gasteiger partial charge in [0.2, 0.25) is 0 Å². The highest BCUT2D eigenvalue weighted by Gasteiger charge is 2.24. The van der Waals surface area contributed by atoms with Crippen molar-refractivity contribution in [3.05, 3.63) is 119 Å². The Bertz CT molecular complexity index is 1720. The largest absolute Gasteiger partial charge is 0.494 e. The molecule has 0 unspecified atom stereocenters. The fourth-order valence-corrected chi connectivity index (χ4v) is 5.36. The highest BCUT2D eigenvalue weighted by Crippen LogP contribution is 2.29. The summed E-state index contributed by atoms with van der Waals surface area (Å²) in [5.41, 5.74) is 7.16. The summed E-state index contributed by atoms with van der Waals surface area (Å²) in [5, 5.41) is 8.60. The molecule has 1 aliphatic rings. The van der Waals surface area contributed by atoms with Crippen molar-refractivity contribution in [1.29, 1.82) is 0 Å². The summed E-state index contributed by atoms with van der Waals surface area (Å²) in [6.45, 7) is 6.41. The van der Waals surface area contributed by atoms with Gasteiger partial charge in [-0.3, -0.25) is 9.78 Å². The lowest BCUT2D eigenvalue weighted by Crippen LogP contribution is -2.34. The number of nitrogens with zero attached hydrogens (tertiary/aromatic N) is 5. The van der Waals surface area contributed by atoms with E-state index in [9.17, 15) is 4.79 Å². The minimum atomic E-state index is -0.191. The Morgan fingerprint density at radius 3 is 2.61 bits per heavy atom. The van der Waals surface area contributed by atoms with Gasteiger partial charge in [0.25, 0.3) is 5.91 Å². The van der Waals surface area contributed by atoms with Gasteiger partial charge in [0.1, 0.15) is 18.1 Å². The number of hydrogen-bond acceptors (Lipinski definition) is 7. The first-order chi connectivity index (χ1) is 21.6. The SMILES string of the molecule is CCOc1ccc(-n2nnc(C(=O)N3CCOCCOc4ccc(-c5cccnc5)cc4Cc4cccc(c4)C3)c2C)cc1. The van der Waals surface area contributed by atoms with Crippen LogP contribution in [0, 0.1) is 6.92 Å². The molecule has 1 amide bonds. The van der Waals surface area contributed by atoms with E-state index in [2.05, 4.69) is 45.6 Å². The Kier molecular flexibility index (Phi) is 8.93. The van der Waals surface area contributed by atoms with Crippen molar-refractivity contribution in [2.45, 2.75) is 26.8 Å². The molecule has 44 heavy (non-hydrogen) atoms. The quantitative estimate of drug-likeness (QED) is 0.261. The average molecular weight is 590 g/mol. The van der Waals surface area contributed by atoms with Crippen LogP contribution in [0.1, 0.15) is 39.8 Å². The number of carbonyl (C=O) groups is 1. The van der Waals surface area contributed by atoms with Gasteiger partial charge in [0.15, 0.2) is 5.69 Å². The second-order valence-electron chi connectivity index (χ2n) is 10.6. The number of ether oxygens (including phenoxy) is 3. The van der Waals surface area contributed by atoms with Gasteiger partial charge in [-0.05, 0) is 78.6 Å². The van der Waals surface area contributed by atoms with E-state index < -0.39 is 0 Å². The smallest absolute Gasteiger partial charge is 0.276 e. The van der Waals surface area contributed by atoms with Gasteiger partial charge >= 0.3 is 0 Å². The maximum Gasteiger partial charge on any atom is 0.276 e. The predicted molar refractivity (Wildman–Crippen MR) is 167 cm³/mol. The first kappa shape index (κ1) is 29.1. The van der Waals surface area contributed by atoms with Gasteiger partial charge in [-0.15, -0.1) is 5.10 Å². The Labute approximate surface area is 257 Å². The minimum Gasteiger partial charge on any atom is -0.494 e. The van der Waals surface area contributed by atoms with Crippen molar-refractivity contribution in [3.63, 3.8) is 0 Å². The van der Waals surface area contributed by atoms with Gasteiger partial charge in [0.05, 0.1) is 31.2 Å². The average Bonchev–Trinajstić information content (AvgIpc) is 3.44. The third-order valence-corrected chi connectivity index (χ3v) is 7.58. The van der Waals surface area contributed by atoms with Gasteiger partial charge in [-0.2, -0.15) is 0 Å². The lowest BCUT2D eigenvalue weighted by atomic mass is 9.98. The van der Waals surface area contributed by atoms with Crippen molar-refractivity contribution < 1.29 is 19.0 Å². The molecule has 0 N–H and O–H groups in total. The Morgan fingerprint density at radius 2 is 1.80 bits per heavy atom. The molecule has 1 aliphatic heterocycles. The fourth-order valence-electron chi connectivity index (χ4n) is 5.36. The van der Waals surface area contributed by atoms with Crippen LogP contribution >= 0.6 is 0 Å². The lowest BCUT2D eigenvalue weighted by Gasteiger charge is -2.23. The molecule has 3 aromatic carbocycles. The minimum absolute atomic E-state index is 0.191. The number of carbonyl (C=O) groups excluding carboxylic acids is 1. The zero-order valence-electron chi connectivity index (χ0n) is 25.0. The topological polar surface area (TPSA) is 91.6 Å². The van der Waals surface area contributed by atoms with Crippen LogP contribution in [-0.4, -0.2) is 63.8 Å². The zero-order chi connectivity index (χ0) is 30.3. The van der Waals surface area contributed by atoms with Crippen LogP contribution in [0.15, 0.2) is 91.3 Å². The molecule has 0 atom stereocenters. The molecule has 0 fully saturated rings. The van der Waals surface area contributed by atoms with E-state index in [0.717, 1.165) is 45.0 Å². The second kappa shape index (κ2) is 13.5. The van der Waals surface area contributed by atoms with E-state index in [4.69, 9.17) is 14.2 Å². The summed E-state index contributed by atoms with van der Waals surface area (Å²) in [4.78, 5) is 19.9. The molecule has 9 heteroatoms. The third kappa shape index (κ3) is 6.63. The highest BCUT2D eigenvalue weighted by atomic mass is 16.5. The highest BCUT2D eigenvalue weighted by molar-refractivity contribution is 5.93. The van der Waals surface area contributed by atoms with Gasteiger partial charge in [0, 0.05) is 37.5 Å². The summed E-state index contributed by atoms with van der Waals surface area (Å²) in [7, 11) is 0. The zero-order valence-corrected chi connectivity index (χ0v) is 25.0. The predicted octanol–water partition coefficient (Wildman–Crippen LogP) is 5.68. The normalized spacial score (nSPS) is 13.8. The molecular weight excluding hydrogens is 554 g/mol. The monoisotopic (exact) mass is 589 g/mol. The molecule has 6 rings (SSSR count). The van der Waals surface area contributed by atoms with E-state index in [1.54, 1.807) is 15.8 Å². The van der Waals surface area contributed by atoms with Crippen molar-refractivity contribution >= 4 is 5.91 Å². The Balaban J connectivity index is 1.26. The number of rotatable bonds is 5. The number of fused-ring (bicyclic) bond motifs is 3. The van der Waals surface area contributed by atoms with E-state index in [1.165, 1.54) is 0 Å². The molecule has 0 aliphatic carbocycles. The number of amides is 1. The maximum absolute atomic E-state index is 13.9. The standard InChI is InChI=1S/C35H35N5O4/c1-3-43-32-12-10-31(11-13-32)40-25(2)34(37-38-40)35(41)39-16-17-42-18-19-44-33-14-9-28(29-8-5-15-36-23-29)22-30(33)21-26-6-4-7-27(20-26)24-39/h4-15,20,22-23H,3,16-19,21,24H2,1-2H3. The van der Waals surface area contributed by atoms with E-state index >= 15 is 0 Å². The van der Waals surface area contributed by atoms with Crippen LogP contribution < -0.4 is 9.47 Å². The van der Waals surface area contributed by atoms with Crippen molar-refractivity contribution in [2.24, 2.45) is 0 Å². The molecule has 2 bridgehead atoms. The van der Waals surface area contributed by atoms with Crippen LogP contribution in [0.2, 0.25) is 0 Å². The van der Waals surface area contributed by atoms with Crippen molar-refractivity contribution in [1.82, 2.24) is 24.9 Å². The Hall–Kier alpha value is -5.02. The van der Waals surface area contributed by atoms with Crippen LogP contribution in [0.4, 0.5) is 0 Å². The first-order valence-corrected chi connectivity index (χ1v) is 14.9. The molecule has 224 valence electrons. The summed E-state index contributed by atoms with van der Waals surface area (Å²) in [6.07, 6.45) is 4.32. The molecule has 0 spiro atoms. The Morgan fingerprint density at radius 1 is 0.932 bits per heavy atom. The van der Waals surface area contributed by atoms with Crippen molar-refractivity contribution in [2.75, 3.05) is 33.0 Å². The summed E-state index contributed by atoms with van der Waals surface area (Å²) < 4.78 is 19.3. The molecule has 5 aromatic rings. The van der Waals surface area contributed by atoms with Crippen LogP contribution in [0.5, 0.6) is 11.5 Å². The first-order valence-electron chi connectivity index (χ1n) is 14.9. The number of benzene rings is 3. The van der Waals surface area contributed by atoms with Gasteiger partial charge in [-0.1, -0.05) is 41.6 Å². The van der Waals surface area contributed by atoms with E-state index in [1.807, 2.05) is 68.6 Å². The molecule has 2 aromatic heterocycles. The van der Waals surface area contributed by atoms with Crippen LogP contribution in [-0.2, 0) is 17.7 Å². The van der Waals surface area contributed by atoms with Gasteiger partial charge in [-0.25, -0.2) is 4.68 Å². The number of hydrogen-bond donors (Lipinski definition) is 0. The third-order valence-electron chi connectivity index (χ3n) is 7.58. The molecule has 0 saturated heterocycles. The number of aromatic nitrogens is 4. The van der Waals surface area contributed by atoms with Crippen LogP contribution in [0.25, 0.3) is 16.8 Å². The summed E-state index contributed by atoms with van der Waals surface area (Å²) in [5.74, 6) is 1.43. The van der Waals surface area contributed by atoms with Crippen molar-refractivity contribution in [3.8, 4) is 28.3 Å². The molecule has 0 saturated carbocycles. The fraction of sp³-hybridized carbons (Fsp3) is 0.257. The molecular formula is C35H35N5O4. The maximum atomic E-state index is 13.9. The summed E-state index contributed by atoms with van der Waals surface area (Å²) >= 11 is 0.